The van der Waals surface area contributed by atoms with E-state index in [1.807, 2.05) is 6.92 Å². The van der Waals surface area contributed by atoms with Gasteiger partial charge in [-0.2, -0.15) is 0 Å². The van der Waals surface area contributed by atoms with Gasteiger partial charge in [0.25, 0.3) is 5.91 Å². The van der Waals surface area contributed by atoms with Crippen molar-refractivity contribution in [2.24, 2.45) is 0 Å². The Morgan fingerprint density at radius 1 is 1.56 bits per heavy atom. The van der Waals surface area contributed by atoms with Crippen molar-refractivity contribution < 1.29 is 19.2 Å². The molecule has 0 aromatic rings. The standard InChI is InChI=1S/C10H18N2O4/c1-4-5-6-16-10(14)11-8-7(2)12(15-3)9(8)13/h7-8H,4-6H2,1-3H3,(H,11,14). The molecule has 0 saturated carbocycles. The minimum Gasteiger partial charge on any atom is -0.450 e. The van der Waals surface area contributed by atoms with E-state index in [0.29, 0.717) is 6.61 Å². The summed E-state index contributed by atoms with van der Waals surface area (Å²) in [6.45, 7) is 4.18. The van der Waals surface area contributed by atoms with Gasteiger partial charge in [-0.3, -0.25) is 9.63 Å². The lowest BCUT2D eigenvalue weighted by atomic mass is 10.0. The highest BCUT2D eigenvalue weighted by atomic mass is 16.7. The molecular formula is C10H18N2O4. The molecule has 1 saturated heterocycles. The zero-order valence-corrected chi connectivity index (χ0v) is 9.86. The van der Waals surface area contributed by atoms with Gasteiger partial charge in [0.2, 0.25) is 0 Å². The van der Waals surface area contributed by atoms with Crippen molar-refractivity contribution in [2.75, 3.05) is 13.7 Å². The van der Waals surface area contributed by atoms with Crippen molar-refractivity contribution in [1.82, 2.24) is 10.4 Å². The Balaban J connectivity index is 2.28. The van der Waals surface area contributed by atoms with Crippen LogP contribution in [0.2, 0.25) is 0 Å². The fraction of sp³-hybridized carbons (Fsp3) is 0.800. The highest BCUT2D eigenvalue weighted by Crippen LogP contribution is 2.19. The lowest BCUT2D eigenvalue weighted by molar-refractivity contribution is -0.219. The number of carbonyl (C=O) groups is 2. The molecule has 1 rings (SSSR count). The molecule has 1 N–H and O–H groups in total. The SMILES string of the molecule is CCCCOC(=O)NC1C(=O)N(OC)C1C. The number of amides is 2. The molecule has 16 heavy (non-hydrogen) atoms. The summed E-state index contributed by atoms with van der Waals surface area (Å²) < 4.78 is 4.89. The first-order chi connectivity index (χ1) is 7.61. The first kappa shape index (κ1) is 12.8. The third-order valence-electron chi connectivity index (χ3n) is 2.54. The molecule has 0 bridgehead atoms. The molecule has 2 amide bonds. The van der Waals surface area contributed by atoms with Gasteiger partial charge in [-0.05, 0) is 13.3 Å². The van der Waals surface area contributed by atoms with Gasteiger partial charge < -0.3 is 10.1 Å². The molecule has 2 unspecified atom stereocenters. The number of ether oxygens (including phenoxy) is 1. The third kappa shape index (κ3) is 2.63. The Morgan fingerprint density at radius 2 is 2.25 bits per heavy atom. The number of unbranched alkanes of at least 4 members (excludes halogenated alkanes) is 1. The second kappa shape index (κ2) is 5.69. The zero-order valence-electron chi connectivity index (χ0n) is 9.86. The number of nitrogens with one attached hydrogen (secondary N) is 1. The average Bonchev–Trinajstić information content (AvgIpc) is 2.27. The number of hydrogen-bond donors (Lipinski definition) is 1. The second-order valence-corrected chi connectivity index (χ2v) is 3.70. The first-order valence-electron chi connectivity index (χ1n) is 5.42. The Labute approximate surface area is 94.8 Å². The van der Waals surface area contributed by atoms with Gasteiger partial charge >= 0.3 is 6.09 Å². The molecule has 0 aliphatic carbocycles. The molecule has 1 fully saturated rings. The number of carbonyl (C=O) groups excluding carboxylic acids is 2. The third-order valence-corrected chi connectivity index (χ3v) is 2.54. The number of hydrogen-bond acceptors (Lipinski definition) is 4. The van der Waals surface area contributed by atoms with Crippen LogP contribution in [0.5, 0.6) is 0 Å². The van der Waals surface area contributed by atoms with E-state index in [1.165, 1.54) is 12.2 Å². The van der Waals surface area contributed by atoms with Crippen LogP contribution in [0.3, 0.4) is 0 Å². The quantitative estimate of drug-likeness (QED) is 0.557. The topological polar surface area (TPSA) is 67.9 Å². The van der Waals surface area contributed by atoms with Crippen LogP contribution in [0.15, 0.2) is 0 Å². The summed E-state index contributed by atoms with van der Waals surface area (Å²) >= 11 is 0. The second-order valence-electron chi connectivity index (χ2n) is 3.70. The van der Waals surface area contributed by atoms with Crippen molar-refractivity contribution in [3.8, 4) is 0 Å². The maximum atomic E-state index is 11.4. The van der Waals surface area contributed by atoms with Crippen LogP contribution in [-0.4, -0.2) is 42.9 Å². The van der Waals surface area contributed by atoms with E-state index < -0.39 is 12.1 Å². The van der Waals surface area contributed by atoms with E-state index in [0.717, 1.165) is 12.8 Å². The molecule has 1 aliphatic heterocycles. The van der Waals surface area contributed by atoms with Gasteiger partial charge in [-0.1, -0.05) is 13.3 Å². The van der Waals surface area contributed by atoms with Crippen LogP contribution in [0.4, 0.5) is 4.79 Å². The molecule has 0 aromatic carbocycles. The maximum Gasteiger partial charge on any atom is 0.407 e. The first-order valence-corrected chi connectivity index (χ1v) is 5.42. The minimum absolute atomic E-state index is 0.156. The van der Waals surface area contributed by atoms with Crippen LogP contribution >= 0.6 is 0 Å². The van der Waals surface area contributed by atoms with Crippen molar-refractivity contribution in [3.63, 3.8) is 0 Å². The minimum atomic E-state index is -0.547. The molecule has 0 radical (unpaired) electrons. The van der Waals surface area contributed by atoms with Gasteiger partial charge in [-0.15, -0.1) is 0 Å². The van der Waals surface area contributed by atoms with E-state index in [2.05, 4.69) is 5.32 Å². The monoisotopic (exact) mass is 230 g/mol. The van der Waals surface area contributed by atoms with Crippen LogP contribution in [0, 0.1) is 0 Å². The number of β-lactam (4-membered cyclic amide) rings is 1. The van der Waals surface area contributed by atoms with Crippen molar-refractivity contribution in [1.29, 1.82) is 0 Å². The highest BCUT2D eigenvalue weighted by molar-refractivity contribution is 5.91. The van der Waals surface area contributed by atoms with E-state index in [4.69, 9.17) is 9.57 Å². The zero-order chi connectivity index (χ0) is 12.1. The molecule has 2 atom stereocenters. The van der Waals surface area contributed by atoms with Gasteiger partial charge in [0, 0.05) is 0 Å². The highest BCUT2D eigenvalue weighted by Gasteiger charge is 2.46. The van der Waals surface area contributed by atoms with Crippen LogP contribution in [0.1, 0.15) is 26.7 Å². The van der Waals surface area contributed by atoms with E-state index in [1.54, 1.807) is 6.92 Å². The predicted molar refractivity (Wildman–Crippen MR) is 56.5 cm³/mol. The predicted octanol–water partition coefficient (Wildman–Crippen LogP) is 0.673. The van der Waals surface area contributed by atoms with Crippen LogP contribution in [0.25, 0.3) is 0 Å². The smallest absolute Gasteiger partial charge is 0.407 e. The largest absolute Gasteiger partial charge is 0.450 e. The Kier molecular flexibility index (Phi) is 4.54. The Bertz CT molecular complexity index is 270. The summed E-state index contributed by atoms with van der Waals surface area (Å²) in [4.78, 5) is 27.5. The normalized spacial score (nSPS) is 23.9. The van der Waals surface area contributed by atoms with Gasteiger partial charge in [0.05, 0.1) is 19.8 Å². The van der Waals surface area contributed by atoms with Gasteiger partial charge in [0.1, 0.15) is 6.04 Å². The molecule has 1 heterocycles. The van der Waals surface area contributed by atoms with Gasteiger partial charge in [-0.25, -0.2) is 9.86 Å². The van der Waals surface area contributed by atoms with Crippen LogP contribution in [-0.2, 0) is 14.4 Å². The van der Waals surface area contributed by atoms with E-state index in [9.17, 15) is 9.59 Å². The summed E-state index contributed by atoms with van der Waals surface area (Å²) in [5.74, 6) is -0.248. The fourth-order valence-corrected chi connectivity index (χ4v) is 1.51. The number of alkyl carbamates (subject to hydrolysis) is 1. The van der Waals surface area contributed by atoms with Gasteiger partial charge in [0.15, 0.2) is 0 Å². The molecule has 1 aliphatic rings. The Morgan fingerprint density at radius 3 is 2.75 bits per heavy atom. The molecule has 0 aromatic heterocycles. The molecular weight excluding hydrogens is 212 g/mol. The van der Waals surface area contributed by atoms with E-state index in [-0.39, 0.29) is 11.9 Å². The Hall–Kier alpha value is -1.30. The molecule has 0 spiro atoms. The van der Waals surface area contributed by atoms with E-state index >= 15 is 0 Å². The molecule has 6 heteroatoms. The number of rotatable bonds is 5. The van der Waals surface area contributed by atoms with Crippen molar-refractivity contribution in [2.45, 2.75) is 38.8 Å². The van der Waals surface area contributed by atoms with Crippen LogP contribution < -0.4 is 5.32 Å². The summed E-state index contributed by atoms with van der Waals surface area (Å²) in [7, 11) is 1.42. The summed E-state index contributed by atoms with van der Waals surface area (Å²) in [5, 5.41) is 3.73. The summed E-state index contributed by atoms with van der Waals surface area (Å²) in [6, 6.07) is -0.690. The van der Waals surface area contributed by atoms with Crippen molar-refractivity contribution >= 4 is 12.0 Å². The molecule has 92 valence electrons. The summed E-state index contributed by atoms with van der Waals surface area (Å²) in [6.07, 6.45) is 1.24. The summed E-state index contributed by atoms with van der Waals surface area (Å²) in [5.41, 5.74) is 0. The number of nitrogens with zero attached hydrogens (tertiary/aromatic N) is 1. The number of hydroxylamine groups is 2. The fourth-order valence-electron chi connectivity index (χ4n) is 1.51. The van der Waals surface area contributed by atoms with Crippen molar-refractivity contribution in [3.05, 3.63) is 0 Å². The molecule has 6 nitrogen and oxygen atoms in total. The average molecular weight is 230 g/mol. The lowest BCUT2D eigenvalue weighted by Gasteiger charge is -2.42. The lowest BCUT2D eigenvalue weighted by Crippen LogP contribution is -2.69. The maximum absolute atomic E-state index is 11.4.